The van der Waals surface area contributed by atoms with Gasteiger partial charge in [-0.25, -0.2) is 14.4 Å². The summed E-state index contributed by atoms with van der Waals surface area (Å²) in [6.07, 6.45) is 2.00. The molecule has 4 aromatic rings. The molecule has 0 radical (unpaired) electrons. The van der Waals surface area contributed by atoms with Crippen LogP contribution in [0.5, 0.6) is 5.75 Å². The Labute approximate surface area is 283 Å². The Morgan fingerprint density at radius 1 is 1.00 bits per heavy atom. The highest BCUT2D eigenvalue weighted by atomic mass is 16.6. The van der Waals surface area contributed by atoms with Crippen molar-refractivity contribution in [3.63, 3.8) is 0 Å². The van der Waals surface area contributed by atoms with Crippen LogP contribution in [0.4, 0.5) is 0 Å². The lowest BCUT2D eigenvalue weighted by Crippen LogP contribution is -2.69. The molecule has 0 amide bonds. The van der Waals surface area contributed by atoms with E-state index in [-0.39, 0.29) is 34.5 Å². The Bertz CT molecular complexity index is 1990. The molecule has 10 nitrogen and oxygen atoms in total. The van der Waals surface area contributed by atoms with Crippen molar-refractivity contribution < 1.29 is 33.3 Å². The summed E-state index contributed by atoms with van der Waals surface area (Å²) in [4.78, 5) is 44.5. The quantitative estimate of drug-likeness (QED) is 0.242. The van der Waals surface area contributed by atoms with Gasteiger partial charge < -0.3 is 23.7 Å². The first kappa shape index (κ1) is 32.3. The predicted molar refractivity (Wildman–Crippen MR) is 176 cm³/mol. The molecule has 3 aliphatic rings. The summed E-state index contributed by atoms with van der Waals surface area (Å²) < 4.78 is 24.8. The first-order valence-electron chi connectivity index (χ1n) is 16.5. The van der Waals surface area contributed by atoms with Gasteiger partial charge in [-0.2, -0.15) is 5.26 Å². The van der Waals surface area contributed by atoms with Crippen LogP contribution in [0.15, 0.2) is 94.4 Å². The molecule has 0 spiro atoms. The van der Waals surface area contributed by atoms with Gasteiger partial charge in [-0.3, -0.25) is 4.98 Å². The number of carbonyl (C=O) groups is 2. The number of pyridine rings is 1. The number of hydrogen-bond acceptors (Lipinski definition) is 10. The molecular formula is C39H36N2O8. The number of fused-ring (bicyclic) bond motifs is 4. The van der Waals surface area contributed by atoms with Crippen LogP contribution in [0.3, 0.4) is 0 Å². The van der Waals surface area contributed by atoms with Crippen LogP contribution in [-0.4, -0.2) is 39.8 Å². The van der Waals surface area contributed by atoms with Crippen molar-refractivity contribution in [1.29, 1.82) is 5.26 Å². The second-order valence-electron chi connectivity index (χ2n) is 13.8. The van der Waals surface area contributed by atoms with E-state index in [0.29, 0.717) is 36.0 Å². The zero-order valence-electron chi connectivity index (χ0n) is 27.4. The maximum Gasteiger partial charge on any atom is 0.345 e. The molecule has 2 aliphatic carbocycles. The summed E-state index contributed by atoms with van der Waals surface area (Å²) in [5.74, 6) is -1.74. The third kappa shape index (κ3) is 5.48. The molecule has 1 aliphatic heterocycles. The molecule has 0 saturated heterocycles. The molecule has 49 heavy (non-hydrogen) atoms. The SMILES string of the molecule is CC1C(OC(=O)c2ccccc2)CCC2(C)C1CC(OC(=O)c1ccc(C#N)cc1)C1(C)Oc3cc(-c4cccnc4)oc(=O)c3C(O)C21. The Hall–Kier alpha value is -5.27. The number of aliphatic hydroxyl groups excluding tert-OH is 1. The lowest BCUT2D eigenvalue weighted by atomic mass is 9.46. The van der Waals surface area contributed by atoms with E-state index in [4.69, 9.17) is 18.6 Å². The number of nitrogens with zero attached hydrogens (tertiary/aromatic N) is 2. The number of esters is 2. The molecule has 0 bridgehead atoms. The Morgan fingerprint density at radius 2 is 1.71 bits per heavy atom. The number of ether oxygens (including phenoxy) is 3. The minimum atomic E-state index is -1.31. The highest BCUT2D eigenvalue weighted by Crippen LogP contribution is 2.65. The number of nitriles is 1. The molecule has 8 unspecified atom stereocenters. The van der Waals surface area contributed by atoms with Gasteiger partial charge in [0.1, 0.15) is 34.9 Å². The van der Waals surface area contributed by atoms with Gasteiger partial charge >= 0.3 is 17.6 Å². The lowest BCUT2D eigenvalue weighted by molar-refractivity contribution is -0.241. The van der Waals surface area contributed by atoms with Crippen LogP contribution in [0.2, 0.25) is 0 Å². The van der Waals surface area contributed by atoms with Gasteiger partial charge in [0.05, 0.1) is 28.9 Å². The first-order valence-corrected chi connectivity index (χ1v) is 16.5. The number of aromatic nitrogens is 1. The van der Waals surface area contributed by atoms with E-state index < -0.39 is 52.8 Å². The van der Waals surface area contributed by atoms with Crippen LogP contribution < -0.4 is 10.4 Å². The smallest absolute Gasteiger partial charge is 0.345 e. The summed E-state index contributed by atoms with van der Waals surface area (Å²) in [6.45, 7) is 5.92. The van der Waals surface area contributed by atoms with Crippen molar-refractivity contribution in [2.75, 3.05) is 0 Å². The highest BCUT2D eigenvalue weighted by Gasteiger charge is 2.68. The zero-order valence-corrected chi connectivity index (χ0v) is 27.4. The fourth-order valence-electron chi connectivity index (χ4n) is 8.63. The molecule has 2 saturated carbocycles. The average Bonchev–Trinajstić information content (AvgIpc) is 3.10. The number of rotatable bonds is 5. The first-order chi connectivity index (χ1) is 23.5. The van der Waals surface area contributed by atoms with Gasteiger partial charge in [-0.1, -0.05) is 32.0 Å². The van der Waals surface area contributed by atoms with Crippen LogP contribution in [0.25, 0.3) is 11.3 Å². The highest BCUT2D eigenvalue weighted by molar-refractivity contribution is 5.90. The van der Waals surface area contributed by atoms with Crippen LogP contribution in [-0.2, 0) is 9.47 Å². The van der Waals surface area contributed by atoms with Gasteiger partial charge in [-0.05, 0) is 92.0 Å². The normalized spacial score (nSPS) is 29.9. The van der Waals surface area contributed by atoms with Crippen LogP contribution >= 0.6 is 0 Å². The van der Waals surface area contributed by atoms with Gasteiger partial charge in [-0.15, -0.1) is 0 Å². The molecule has 8 atom stereocenters. The van der Waals surface area contributed by atoms with Gasteiger partial charge in [0, 0.05) is 29.9 Å². The van der Waals surface area contributed by atoms with E-state index in [1.54, 1.807) is 67.0 Å². The zero-order chi connectivity index (χ0) is 34.5. The molecule has 2 aromatic carbocycles. The Kier molecular flexibility index (Phi) is 8.11. The summed E-state index contributed by atoms with van der Waals surface area (Å²) in [5, 5.41) is 21.5. The van der Waals surface area contributed by atoms with Gasteiger partial charge in [0.25, 0.3) is 0 Å². The van der Waals surface area contributed by atoms with Crippen LogP contribution in [0.1, 0.15) is 78.0 Å². The van der Waals surface area contributed by atoms with Crippen molar-refractivity contribution in [2.45, 2.75) is 63.9 Å². The number of benzene rings is 2. The monoisotopic (exact) mass is 660 g/mol. The molecule has 1 N–H and O–H groups in total. The fraction of sp³-hybridized carbons (Fsp3) is 0.359. The molecule has 3 heterocycles. The number of hydrogen-bond donors (Lipinski definition) is 1. The standard InChI is InChI=1S/C39H36N2O8/c1-22-27-18-31(48-36(44)25-13-11-23(20-40)12-14-25)39(3)34(38(27,2)16-15-28(22)46-35(43)24-8-5-4-6-9-24)33(42)32-30(49-39)19-29(47-37(32)45)26-10-7-17-41-21-26/h4-14,17,19,21-22,27-28,31,33-34,42H,15-16,18H2,1-3H3. The second-order valence-corrected chi connectivity index (χ2v) is 13.8. The second kappa shape index (κ2) is 12.3. The summed E-state index contributed by atoms with van der Waals surface area (Å²) >= 11 is 0. The molecule has 2 fully saturated rings. The van der Waals surface area contributed by atoms with E-state index in [1.807, 2.05) is 26.0 Å². The van der Waals surface area contributed by atoms with Gasteiger partial charge in [0.2, 0.25) is 0 Å². The number of carbonyl (C=O) groups excluding carboxylic acids is 2. The summed E-state index contributed by atoms with van der Waals surface area (Å²) in [5.41, 5.74) is -0.915. The fourth-order valence-corrected chi connectivity index (χ4v) is 8.63. The Morgan fingerprint density at radius 3 is 2.41 bits per heavy atom. The molecule has 10 heteroatoms. The van der Waals surface area contributed by atoms with Crippen molar-refractivity contribution in [1.82, 2.24) is 4.98 Å². The molecule has 7 rings (SSSR count). The third-order valence-corrected chi connectivity index (χ3v) is 11.1. The maximum absolute atomic E-state index is 13.7. The van der Waals surface area contributed by atoms with E-state index >= 15 is 0 Å². The molecule has 250 valence electrons. The largest absolute Gasteiger partial charge is 0.482 e. The molecular weight excluding hydrogens is 624 g/mol. The summed E-state index contributed by atoms with van der Waals surface area (Å²) in [6, 6.07) is 22.1. The molecule has 2 aromatic heterocycles. The Balaban J connectivity index is 1.28. The van der Waals surface area contributed by atoms with E-state index in [0.717, 1.165) is 0 Å². The van der Waals surface area contributed by atoms with Crippen molar-refractivity contribution in [3.05, 3.63) is 118 Å². The van der Waals surface area contributed by atoms with Gasteiger partial charge in [0.15, 0.2) is 0 Å². The van der Waals surface area contributed by atoms with E-state index in [1.165, 1.54) is 12.1 Å². The van der Waals surface area contributed by atoms with E-state index in [2.05, 4.69) is 11.9 Å². The maximum atomic E-state index is 13.7. The van der Waals surface area contributed by atoms with E-state index in [9.17, 15) is 24.8 Å². The minimum absolute atomic E-state index is 0.0134. The predicted octanol–water partition coefficient (Wildman–Crippen LogP) is 6.28. The number of aliphatic hydroxyl groups is 1. The van der Waals surface area contributed by atoms with Crippen molar-refractivity contribution in [3.8, 4) is 23.1 Å². The van der Waals surface area contributed by atoms with Crippen molar-refractivity contribution >= 4 is 11.9 Å². The average molecular weight is 661 g/mol. The lowest BCUT2D eigenvalue weighted by Gasteiger charge is -2.64. The summed E-state index contributed by atoms with van der Waals surface area (Å²) in [7, 11) is 0. The minimum Gasteiger partial charge on any atom is -0.482 e. The topological polar surface area (TPSA) is 149 Å². The van der Waals surface area contributed by atoms with Crippen molar-refractivity contribution in [2.24, 2.45) is 23.2 Å². The third-order valence-electron chi connectivity index (χ3n) is 11.1. The van der Waals surface area contributed by atoms with Crippen LogP contribution in [0, 0.1) is 34.5 Å².